The molecular formula is C55H107NO4. The van der Waals surface area contributed by atoms with Crippen molar-refractivity contribution in [2.45, 2.75) is 315 Å². The summed E-state index contributed by atoms with van der Waals surface area (Å²) < 4.78 is 0. The highest BCUT2D eigenvalue weighted by Gasteiger charge is 2.26. The fourth-order valence-electron chi connectivity index (χ4n) is 8.57. The van der Waals surface area contributed by atoms with Gasteiger partial charge in [-0.2, -0.15) is 0 Å². The van der Waals surface area contributed by atoms with Crippen LogP contribution in [0.25, 0.3) is 0 Å². The van der Waals surface area contributed by atoms with Gasteiger partial charge in [-0.1, -0.05) is 250 Å². The summed E-state index contributed by atoms with van der Waals surface area (Å²) in [7, 11) is 0. The molecule has 0 radical (unpaired) electrons. The largest absolute Gasteiger partial charge is 0.394 e. The van der Waals surface area contributed by atoms with Crippen molar-refractivity contribution in [2.24, 2.45) is 0 Å². The van der Waals surface area contributed by atoms with Gasteiger partial charge in [0.2, 0.25) is 5.91 Å². The van der Waals surface area contributed by atoms with E-state index >= 15 is 0 Å². The summed E-state index contributed by atoms with van der Waals surface area (Å²) in [4.78, 5) is 12.5. The van der Waals surface area contributed by atoms with Crippen molar-refractivity contribution in [3.63, 3.8) is 0 Å². The SMILES string of the molecule is CCCCCCCCCCCCCC/C=C\CCCCCCCCCCCCCCCC(=O)NC(CO)C(O)C(O)CCC/C=C/CCCCCCCCCCCCCC. The summed E-state index contributed by atoms with van der Waals surface area (Å²) in [5, 5.41) is 33.7. The molecule has 0 rings (SSSR count). The first-order chi connectivity index (χ1) is 29.6. The maximum absolute atomic E-state index is 12.5. The second-order valence-electron chi connectivity index (χ2n) is 18.8. The number of nitrogens with one attached hydrogen (secondary N) is 1. The normalized spacial score (nSPS) is 13.5. The molecule has 356 valence electrons. The second kappa shape index (κ2) is 50.5. The number of rotatable bonds is 50. The molecule has 3 atom stereocenters. The molecule has 0 bridgehead atoms. The van der Waals surface area contributed by atoms with Crippen molar-refractivity contribution >= 4 is 5.91 Å². The first-order valence-electron chi connectivity index (χ1n) is 27.1. The van der Waals surface area contributed by atoms with E-state index in [1.165, 1.54) is 231 Å². The Morgan fingerprint density at radius 1 is 0.400 bits per heavy atom. The molecule has 4 N–H and O–H groups in total. The number of unbranched alkanes of at least 4 members (excludes halogenated alkanes) is 38. The number of aliphatic hydroxyl groups is 3. The van der Waals surface area contributed by atoms with E-state index in [1.54, 1.807) is 0 Å². The number of amides is 1. The van der Waals surface area contributed by atoms with Crippen LogP contribution < -0.4 is 5.32 Å². The number of carbonyl (C=O) groups excluding carboxylic acids is 1. The third kappa shape index (κ3) is 44.9. The minimum Gasteiger partial charge on any atom is -0.394 e. The highest BCUT2D eigenvalue weighted by Crippen LogP contribution is 2.17. The molecule has 0 aliphatic carbocycles. The van der Waals surface area contributed by atoms with Gasteiger partial charge in [-0.15, -0.1) is 0 Å². The molecule has 0 aromatic rings. The Bertz CT molecular complexity index is 890. The first kappa shape index (κ1) is 58.8. The Morgan fingerprint density at radius 3 is 0.967 bits per heavy atom. The molecule has 5 nitrogen and oxygen atoms in total. The van der Waals surface area contributed by atoms with E-state index in [4.69, 9.17) is 0 Å². The minimum atomic E-state index is -1.16. The predicted molar refractivity (Wildman–Crippen MR) is 264 cm³/mol. The summed E-state index contributed by atoms with van der Waals surface area (Å²) in [6.45, 7) is 4.20. The van der Waals surface area contributed by atoms with E-state index < -0.39 is 18.2 Å². The average molecular weight is 846 g/mol. The number of hydrogen-bond acceptors (Lipinski definition) is 4. The van der Waals surface area contributed by atoms with Crippen LogP contribution in [0.5, 0.6) is 0 Å². The average Bonchev–Trinajstić information content (AvgIpc) is 3.25. The molecule has 0 fully saturated rings. The van der Waals surface area contributed by atoms with E-state index in [0.717, 1.165) is 38.5 Å². The molecule has 0 spiro atoms. The van der Waals surface area contributed by atoms with Gasteiger partial charge in [-0.25, -0.2) is 0 Å². The lowest BCUT2D eigenvalue weighted by atomic mass is 10.0. The Labute approximate surface area is 375 Å². The fourth-order valence-corrected chi connectivity index (χ4v) is 8.57. The van der Waals surface area contributed by atoms with Crippen LogP contribution in [0.4, 0.5) is 0 Å². The number of carbonyl (C=O) groups is 1. The van der Waals surface area contributed by atoms with E-state index in [1.807, 2.05) is 0 Å². The van der Waals surface area contributed by atoms with Crippen molar-refractivity contribution in [1.82, 2.24) is 5.32 Å². The zero-order valence-electron chi connectivity index (χ0n) is 40.6. The fraction of sp³-hybridized carbons (Fsp3) is 0.909. The van der Waals surface area contributed by atoms with E-state index in [2.05, 4.69) is 43.5 Å². The molecule has 0 aromatic carbocycles. The standard InChI is InChI=1S/C55H107NO4/c1-3-5-7-9-11-13-15-17-19-21-22-23-24-25-26-27-28-29-30-31-32-34-36-38-40-42-44-46-48-50-54(59)56-52(51-57)55(60)53(58)49-47-45-43-41-39-37-35-33-20-18-16-14-12-10-8-6-4-2/h25-26,41,43,52-53,55,57-58,60H,3-24,27-40,42,44-51H2,1-2H3,(H,56,59)/b26-25-,43-41+. The third-order valence-electron chi connectivity index (χ3n) is 12.8. The second-order valence-corrected chi connectivity index (χ2v) is 18.8. The van der Waals surface area contributed by atoms with Gasteiger partial charge in [0, 0.05) is 6.42 Å². The van der Waals surface area contributed by atoms with Gasteiger partial charge in [0.05, 0.1) is 18.8 Å². The lowest BCUT2D eigenvalue weighted by Crippen LogP contribution is -2.50. The van der Waals surface area contributed by atoms with Crippen molar-refractivity contribution in [3.8, 4) is 0 Å². The maximum Gasteiger partial charge on any atom is 0.220 e. The van der Waals surface area contributed by atoms with Crippen LogP contribution in [-0.2, 0) is 4.79 Å². The van der Waals surface area contributed by atoms with Crippen LogP contribution >= 0.6 is 0 Å². The van der Waals surface area contributed by atoms with Crippen LogP contribution in [0.3, 0.4) is 0 Å². The summed E-state index contributed by atoms with van der Waals surface area (Å²) in [6, 6.07) is -0.824. The summed E-state index contributed by atoms with van der Waals surface area (Å²) >= 11 is 0. The summed E-state index contributed by atoms with van der Waals surface area (Å²) in [5.41, 5.74) is 0. The Kier molecular flexibility index (Phi) is 49.5. The number of aliphatic hydroxyl groups excluding tert-OH is 3. The first-order valence-corrected chi connectivity index (χ1v) is 27.1. The molecular weight excluding hydrogens is 739 g/mol. The Balaban J connectivity index is 3.54. The van der Waals surface area contributed by atoms with Crippen LogP contribution in [0.2, 0.25) is 0 Å². The van der Waals surface area contributed by atoms with E-state index in [9.17, 15) is 20.1 Å². The van der Waals surface area contributed by atoms with Gasteiger partial charge in [0.25, 0.3) is 0 Å². The Morgan fingerprint density at radius 2 is 0.667 bits per heavy atom. The molecule has 0 saturated heterocycles. The van der Waals surface area contributed by atoms with Crippen molar-refractivity contribution in [1.29, 1.82) is 0 Å². The van der Waals surface area contributed by atoms with Crippen LogP contribution in [-0.4, -0.2) is 46.1 Å². The van der Waals surface area contributed by atoms with E-state index in [0.29, 0.717) is 12.8 Å². The zero-order chi connectivity index (χ0) is 43.7. The van der Waals surface area contributed by atoms with E-state index in [-0.39, 0.29) is 12.5 Å². The topological polar surface area (TPSA) is 89.8 Å². The quantitative estimate of drug-likeness (QED) is 0.0363. The van der Waals surface area contributed by atoms with Crippen LogP contribution in [0, 0.1) is 0 Å². The van der Waals surface area contributed by atoms with Gasteiger partial charge in [-0.05, 0) is 64.2 Å². The smallest absolute Gasteiger partial charge is 0.220 e. The minimum absolute atomic E-state index is 0.150. The van der Waals surface area contributed by atoms with Crippen molar-refractivity contribution in [3.05, 3.63) is 24.3 Å². The van der Waals surface area contributed by atoms with Gasteiger partial charge in [0.15, 0.2) is 0 Å². The molecule has 1 amide bonds. The lowest BCUT2D eigenvalue weighted by Gasteiger charge is -2.26. The van der Waals surface area contributed by atoms with Crippen molar-refractivity contribution < 1.29 is 20.1 Å². The maximum atomic E-state index is 12.5. The molecule has 0 aliphatic rings. The van der Waals surface area contributed by atoms with Gasteiger partial charge < -0.3 is 20.6 Å². The third-order valence-corrected chi connectivity index (χ3v) is 12.8. The number of allylic oxidation sites excluding steroid dienone is 4. The predicted octanol–water partition coefficient (Wildman–Crippen LogP) is 16.5. The highest BCUT2D eigenvalue weighted by molar-refractivity contribution is 5.76. The lowest BCUT2D eigenvalue weighted by molar-refractivity contribution is -0.124. The molecule has 0 heterocycles. The van der Waals surface area contributed by atoms with Gasteiger partial charge in [-0.3, -0.25) is 4.79 Å². The van der Waals surface area contributed by atoms with Crippen LogP contribution in [0.15, 0.2) is 24.3 Å². The van der Waals surface area contributed by atoms with Gasteiger partial charge >= 0.3 is 0 Å². The molecule has 0 aromatic heterocycles. The highest BCUT2D eigenvalue weighted by atomic mass is 16.3. The molecule has 60 heavy (non-hydrogen) atoms. The van der Waals surface area contributed by atoms with Gasteiger partial charge in [0.1, 0.15) is 6.10 Å². The zero-order valence-corrected chi connectivity index (χ0v) is 40.6. The molecule has 3 unspecified atom stereocenters. The Hall–Kier alpha value is -1.17. The number of hydrogen-bond donors (Lipinski definition) is 4. The molecule has 0 aliphatic heterocycles. The monoisotopic (exact) mass is 846 g/mol. The molecule has 5 heteroatoms. The summed E-state index contributed by atoms with van der Waals surface area (Å²) in [6.07, 6.45) is 63.3. The molecule has 0 saturated carbocycles. The van der Waals surface area contributed by atoms with Crippen molar-refractivity contribution in [2.75, 3.05) is 6.61 Å². The summed E-state index contributed by atoms with van der Waals surface area (Å²) in [5.74, 6) is -0.150. The van der Waals surface area contributed by atoms with Crippen LogP contribution in [0.1, 0.15) is 296 Å².